The molecule has 0 unspecified atom stereocenters. The van der Waals surface area contributed by atoms with E-state index in [9.17, 15) is 9.90 Å². The number of amides is 1. The van der Waals surface area contributed by atoms with E-state index in [2.05, 4.69) is 10.3 Å². The van der Waals surface area contributed by atoms with Crippen LogP contribution in [0.3, 0.4) is 0 Å². The van der Waals surface area contributed by atoms with E-state index >= 15 is 0 Å². The van der Waals surface area contributed by atoms with Crippen molar-refractivity contribution in [2.24, 2.45) is 0 Å². The first-order valence-corrected chi connectivity index (χ1v) is 8.99. The van der Waals surface area contributed by atoms with Crippen molar-refractivity contribution in [3.63, 3.8) is 0 Å². The Balaban J connectivity index is 1.53. The lowest BCUT2D eigenvalue weighted by molar-refractivity contribution is -0.118. The molecule has 2 N–H and O–H groups in total. The van der Waals surface area contributed by atoms with E-state index in [0.717, 1.165) is 25.7 Å². The number of benzene rings is 2. The van der Waals surface area contributed by atoms with Gasteiger partial charge >= 0.3 is 0 Å². The normalized spacial score (nSPS) is 10.8. The molecule has 118 valence electrons. The molecule has 0 aliphatic carbocycles. The summed E-state index contributed by atoms with van der Waals surface area (Å²) in [5, 5.41) is 12.2. The predicted octanol–water partition coefficient (Wildman–Crippen LogP) is 3.20. The van der Waals surface area contributed by atoms with E-state index in [1.807, 2.05) is 48.5 Å². The number of rotatable bonds is 6. The summed E-state index contributed by atoms with van der Waals surface area (Å²) in [6.07, 6.45) is 0. The third-order valence-corrected chi connectivity index (χ3v) is 5.55. The number of fused-ring (bicyclic) bond motifs is 1. The lowest BCUT2D eigenvalue weighted by Gasteiger charge is -2.08. The van der Waals surface area contributed by atoms with Gasteiger partial charge in [-0.1, -0.05) is 48.2 Å². The third-order valence-electron chi connectivity index (χ3n) is 3.37. The van der Waals surface area contributed by atoms with E-state index in [1.165, 1.54) is 11.8 Å². The van der Waals surface area contributed by atoms with Gasteiger partial charge < -0.3 is 10.4 Å². The molecule has 4 nitrogen and oxygen atoms in total. The number of nitrogens with one attached hydrogen (secondary N) is 1. The Bertz CT molecular complexity index is 784. The molecule has 1 amide bonds. The molecule has 1 aromatic heterocycles. The number of thioether (sulfide) groups is 1. The number of aliphatic hydroxyl groups is 1. The number of carbonyl (C=O) groups is 1. The van der Waals surface area contributed by atoms with Gasteiger partial charge in [-0.3, -0.25) is 4.79 Å². The summed E-state index contributed by atoms with van der Waals surface area (Å²) in [4.78, 5) is 16.5. The average molecular weight is 344 g/mol. The summed E-state index contributed by atoms with van der Waals surface area (Å²) < 4.78 is 2.03. The zero-order valence-corrected chi connectivity index (χ0v) is 14.0. The highest BCUT2D eigenvalue weighted by Gasteiger charge is 2.08. The van der Waals surface area contributed by atoms with Gasteiger partial charge in [0.25, 0.3) is 0 Å². The molecule has 2 aromatic carbocycles. The third kappa shape index (κ3) is 4.10. The van der Waals surface area contributed by atoms with Gasteiger partial charge in [0.1, 0.15) is 0 Å². The highest BCUT2D eigenvalue weighted by Crippen LogP contribution is 2.29. The first-order valence-electron chi connectivity index (χ1n) is 7.19. The van der Waals surface area contributed by atoms with Crippen LogP contribution in [-0.4, -0.2) is 21.8 Å². The summed E-state index contributed by atoms with van der Waals surface area (Å²) >= 11 is 3.04. The molecule has 0 saturated heterocycles. The quantitative estimate of drug-likeness (QED) is 0.674. The number of nitrogens with zero attached hydrogens (tertiary/aromatic N) is 1. The predicted molar refractivity (Wildman–Crippen MR) is 94.6 cm³/mol. The number of carbonyl (C=O) groups excluding carboxylic acids is 1. The van der Waals surface area contributed by atoms with Gasteiger partial charge in [0.15, 0.2) is 4.34 Å². The monoisotopic (exact) mass is 344 g/mol. The molecule has 0 bridgehead atoms. The van der Waals surface area contributed by atoms with E-state index in [-0.39, 0.29) is 12.5 Å². The Labute approximate surface area is 142 Å². The standard InChI is InChI=1S/C17H16N2O2S2/c20-10-13-6-2-1-5-12(13)9-18-16(21)11-22-17-19-14-7-3-4-8-15(14)23-17/h1-8,20H,9-11H2,(H,18,21). The van der Waals surface area contributed by atoms with Crippen LogP contribution < -0.4 is 5.32 Å². The van der Waals surface area contributed by atoms with E-state index in [4.69, 9.17) is 0 Å². The fraction of sp³-hybridized carbons (Fsp3) is 0.176. The number of thiazole rings is 1. The molecule has 0 saturated carbocycles. The van der Waals surface area contributed by atoms with Crippen molar-refractivity contribution >= 4 is 39.2 Å². The van der Waals surface area contributed by atoms with Crippen LogP contribution in [-0.2, 0) is 17.9 Å². The van der Waals surface area contributed by atoms with Crippen molar-refractivity contribution in [3.05, 3.63) is 59.7 Å². The number of para-hydroxylation sites is 1. The van der Waals surface area contributed by atoms with Crippen LogP contribution in [0.25, 0.3) is 10.2 Å². The van der Waals surface area contributed by atoms with Crippen LogP contribution in [0.4, 0.5) is 0 Å². The fourth-order valence-electron chi connectivity index (χ4n) is 2.17. The van der Waals surface area contributed by atoms with Crippen molar-refractivity contribution in [2.75, 3.05) is 5.75 Å². The van der Waals surface area contributed by atoms with Gasteiger partial charge in [-0.25, -0.2) is 4.98 Å². The number of aliphatic hydroxyl groups excluding tert-OH is 1. The highest BCUT2D eigenvalue weighted by atomic mass is 32.2. The molecule has 0 atom stereocenters. The van der Waals surface area contributed by atoms with Gasteiger partial charge in [0, 0.05) is 6.54 Å². The first-order chi connectivity index (χ1) is 11.3. The minimum atomic E-state index is -0.0398. The molecule has 3 aromatic rings. The maximum absolute atomic E-state index is 12.0. The van der Waals surface area contributed by atoms with Crippen LogP contribution in [0.1, 0.15) is 11.1 Å². The fourth-order valence-corrected chi connectivity index (χ4v) is 4.07. The molecular formula is C17H16N2O2S2. The molecule has 1 heterocycles. The molecule has 3 rings (SSSR count). The Morgan fingerprint density at radius 2 is 1.87 bits per heavy atom. The number of hydrogen-bond acceptors (Lipinski definition) is 5. The van der Waals surface area contributed by atoms with Crippen LogP contribution >= 0.6 is 23.1 Å². The molecular weight excluding hydrogens is 328 g/mol. The molecule has 0 fully saturated rings. The second-order valence-electron chi connectivity index (χ2n) is 4.94. The lowest BCUT2D eigenvalue weighted by Crippen LogP contribution is -2.25. The zero-order chi connectivity index (χ0) is 16.1. The minimum Gasteiger partial charge on any atom is -0.392 e. The highest BCUT2D eigenvalue weighted by molar-refractivity contribution is 8.01. The summed E-state index contributed by atoms with van der Waals surface area (Å²) in [6.45, 7) is 0.405. The Morgan fingerprint density at radius 3 is 2.65 bits per heavy atom. The van der Waals surface area contributed by atoms with Gasteiger partial charge in [-0.2, -0.15) is 0 Å². The Kier molecular flexibility index (Phi) is 5.27. The molecule has 0 radical (unpaired) electrons. The second-order valence-corrected chi connectivity index (χ2v) is 7.19. The van der Waals surface area contributed by atoms with Crippen molar-refractivity contribution < 1.29 is 9.90 Å². The minimum absolute atomic E-state index is 0.0213. The Morgan fingerprint density at radius 1 is 1.13 bits per heavy atom. The maximum atomic E-state index is 12.0. The summed E-state index contributed by atoms with van der Waals surface area (Å²) in [5.41, 5.74) is 2.75. The Hall–Kier alpha value is -1.89. The lowest BCUT2D eigenvalue weighted by atomic mass is 10.1. The molecule has 0 aliphatic rings. The van der Waals surface area contributed by atoms with Gasteiger partial charge in [-0.05, 0) is 23.3 Å². The van der Waals surface area contributed by atoms with Crippen molar-refractivity contribution in [3.8, 4) is 0 Å². The summed E-state index contributed by atoms with van der Waals surface area (Å²) in [5.74, 6) is 0.295. The first kappa shape index (κ1) is 16.0. The average Bonchev–Trinajstić information content (AvgIpc) is 3.01. The van der Waals surface area contributed by atoms with Crippen LogP contribution in [0, 0.1) is 0 Å². The molecule has 0 aliphatic heterocycles. The largest absolute Gasteiger partial charge is 0.392 e. The van der Waals surface area contributed by atoms with Crippen LogP contribution in [0.5, 0.6) is 0 Å². The number of aromatic nitrogens is 1. The molecule has 0 spiro atoms. The van der Waals surface area contributed by atoms with E-state index < -0.39 is 0 Å². The summed E-state index contributed by atoms with van der Waals surface area (Å²) in [6, 6.07) is 15.5. The van der Waals surface area contributed by atoms with Gasteiger partial charge in [0.2, 0.25) is 5.91 Å². The molecule has 23 heavy (non-hydrogen) atoms. The summed E-state index contributed by atoms with van der Waals surface area (Å²) in [7, 11) is 0. The van der Waals surface area contributed by atoms with Crippen molar-refractivity contribution in [2.45, 2.75) is 17.5 Å². The van der Waals surface area contributed by atoms with Gasteiger partial charge in [0.05, 0.1) is 22.6 Å². The van der Waals surface area contributed by atoms with E-state index in [0.29, 0.717) is 12.3 Å². The SMILES string of the molecule is O=C(CSc1nc2ccccc2s1)NCc1ccccc1CO. The van der Waals surface area contributed by atoms with E-state index in [1.54, 1.807) is 11.3 Å². The zero-order valence-electron chi connectivity index (χ0n) is 12.4. The second kappa shape index (κ2) is 7.59. The number of hydrogen-bond donors (Lipinski definition) is 2. The van der Waals surface area contributed by atoms with Crippen molar-refractivity contribution in [1.82, 2.24) is 10.3 Å². The van der Waals surface area contributed by atoms with Crippen molar-refractivity contribution in [1.29, 1.82) is 0 Å². The smallest absolute Gasteiger partial charge is 0.230 e. The van der Waals surface area contributed by atoms with Gasteiger partial charge in [-0.15, -0.1) is 11.3 Å². The van der Waals surface area contributed by atoms with Crippen LogP contribution in [0.2, 0.25) is 0 Å². The molecule has 6 heteroatoms. The van der Waals surface area contributed by atoms with Crippen LogP contribution in [0.15, 0.2) is 52.9 Å². The maximum Gasteiger partial charge on any atom is 0.230 e. The topological polar surface area (TPSA) is 62.2 Å².